The molecule has 0 aromatic carbocycles. The van der Waals surface area contributed by atoms with Crippen molar-refractivity contribution in [2.45, 2.75) is 64.5 Å². The Labute approximate surface area is 129 Å². The Morgan fingerprint density at radius 1 is 1.29 bits per heavy atom. The van der Waals surface area contributed by atoms with Gasteiger partial charge in [-0.15, -0.1) is 0 Å². The van der Waals surface area contributed by atoms with Gasteiger partial charge in [-0.25, -0.2) is 8.42 Å². The summed E-state index contributed by atoms with van der Waals surface area (Å²) in [5, 5.41) is 3.65. The average Bonchev–Trinajstić information content (AvgIpc) is 2.41. The number of hydrogen-bond acceptors (Lipinski definition) is 4. The zero-order valence-corrected chi connectivity index (χ0v) is 14.5. The van der Waals surface area contributed by atoms with Gasteiger partial charge in [0.2, 0.25) is 0 Å². The molecule has 0 bridgehead atoms. The molecule has 3 atom stereocenters. The first kappa shape index (κ1) is 17.2. The molecule has 0 aliphatic heterocycles. The van der Waals surface area contributed by atoms with Crippen molar-refractivity contribution < 1.29 is 13.2 Å². The maximum atomic E-state index is 11.4. The highest BCUT2D eigenvalue weighted by molar-refractivity contribution is 7.90. The molecule has 0 saturated heterocycles. The summed E-state index contributed by atoms with van der Waals surface area (Å²) in [5.41, 5.74) is 0.319. The molecule has 2 rings (SSSR count). The lowest BCUT2D eigenvalue weighted by Gasteiger charge is -2.58. The van der Waals surface area contributed by atoms with Crippen LogP contribution in [0.5, 0.6) is 0 Å². The topological polar surface area (TPSA) is 55.4 Å². The maximum Gasteiger partial charge on any atom is 0.147 e. The lowest BCUT2D eigenvalue weighted by Crippen LogP contribution is -2.65. The Morgan fingerprint density at radius 3 is 2.52 bits per heavy atom. The zero-order chi connectivity index (χ0) is 15.5. The van der Waals surface area contributed by atoms with E-state index < -0.39 is 9.84 Å². The third-order valence-corrected chi connectivity index (χ3v) is 6.41. The quantitative estimate of drug-likeness (QED) is 0.783. The van der Waals surface area contributed by atoms with Crippen LogP contribution in [0.4, 0.5) is 0 Å². The van der Waals surface area contributed by atoms with E-state index in [0.29, 0.717) is 17.6 Å². The van der Waals surface area contributed by atoms with Crippen LogP contribution in [0.3, 0.4) is 0 Å². The molecule has 0 amide bonds. The minimum Gasteiger partial charge on any atom is -0.378 e. The predicted molar refractivity (Wildman–Crippen MR) is 86.2 cm³/mol. The summed E-state index contributed by atoms with van der Waals surface area (Å²) in [4.78, 5) is 0. The summed E-state index contributed by atoms with van der Waals surface area (Å²) in [7, 11) is -2.88. The fourth-order valence-corrected chi connectivity index (χ4v) is 5.42. The normalized spacial score (nSPS) is 30.0. The Hall–Kier alpha value is -0.130. The van der Waals surface area contributed by atoms with E-state index >= 15 is 0 Å². The van der Waals surface area contributed by atoms with Crippen LogP contribution in [-0.2, 0) is 14.6 Å². The second kappa shape index (κ2) is 6.97. The minimum atomic E-state index is -2.88. The Balaban J connectivity index is 1.88. The van der Waals surface area contributed by atoms with Crippen molar-refractivity contribution in [3.63, 3.8) is 0 Å². The van der Waals surface area contributed by atoms with Gasteiger partial charge in [-0.2, -0.15) is 0 Å². The monoisotopic (exact) mass is 317 g/mol. The van der Waals surface area contributed by atoms with Crippen LogP contribution < -0.4 is 5.32 Å². The van der Waals surface area contributed by atoms with Gasteiger partial charge in [-0.3, -0.25) is 0 Å². The molecule has 2 fully saturated rings. The molecule has 0 aromatic heterocycles. The first-order valence-electron chi connectivity index (χ1n) is 8.40. The standard InChI is InChI=1S/C16H31NO3S/c1-4-20-15-10-14(16(15)8-6-5-7-9-16)17-11-13(2)12-21(3,18)19/h13-15,17H,4-12H2,1-3H3. The van der Waals surface area contributed by atoms with Crippen LogP contribution in [0.2, 0.25) is 0 Å². The molecule has 5 heteroatoms. The summed E-state index contributed by atoms with van der Waals surface area (Å²) in [5.74, 6) is 0.445. The molecular weight excluding hydrogens is 286 g/mol. The van der Waals surface area contributed by atoms with Gasteiger partial charge in [0.25, 0.3) is 0 Å². The summed E-state index contributed by atoms with van der Waals surface area (Å²) in [6, 6.07) is 0.511. The SMILES string of the molecule is CCOC1CC(NCC(C)CS(C)(=O)=O)C12CCCCC2. The van der Waals surface area contributed by atoms with Gasteiger partial charge < -0.3 is 10.1 Å². The van der Waals surface area contributed by atoms with Crippen LogP contribution in [0.25, 0.3) is 0 Å². The van der Waals surface area contributed by atoms with Gasteiger partial charge in [-0.1, -0.05) is 26.2 Å². The van der Waals surface area contributed by atoms with E-state index in [9.17, 15) is 8.42 Å². The summed E-state index contributed by atoms with van der Waals surface area (Å²) in [6.07, 6.45) is 9.29. The molecule has 4 nitrogen and oxygen atoms in total. The van der Waals surface area contributed by atoms with E-state index in [2.05, 4.69) is 12.2 Å². The third kappa shape index (κ3) is 4.20. The van der Waals surface area contributed by atoms with Crippen molar-refractivity contribution in [1.82, 2.24) is 5.32 Å². The molecular formula is C16H31NO3S. The number of nitrogens with one attached hydrogen (secondary N) is 1. The number of hydrogen-bond donors (Lipinski definition) is 1. The van der Waals surface area contributed by atoms with Gasteiger partial charge in [0, 0.05) is 24.3 Å². The fraction of sp³-hybridized carbons (Fsp3) is 1.00. The predicted octanol–water partition coefficient (Wildman–Crippen LogP) is 2.38. The third-order valence-electron chi connectivity index (χ3n) is 5.24. The van der Waals surface area contributed by atoms with E-state index in [1.165, 1.54) is 38.4 Å². The first-order valence-corrected chi connectivity index (χ1v) is 10.5. The van der Waals surface area contributed by atoms with Crippen molar-refractivity contribution in [2.24, 2.45) is 11.3 Å². The van der Waals surface area contributed by atoms with Gasteiger partial charge >= 0.3 is 0 Å². The highest BCUT2D eigenvalue weighted by Gasteiger charge is 2.55. The van der Waals surface area contributed by atoms with Crippen LogP contribution >= 0.6 is 0 Å². The highest BCUT2D eigenvalue weighted by atomic mass is 32.2. The van der Waals surface area contributed by atoms with Gasteiger partial charge in [0.15, 0.2) is 0 Å². The van der Waals surface area contributed by atoms with Crippen molar-refractivity contribution >= 4 is 9.84 Å². The molecule has 2 aliphatic rings. The average molecular weight is 317 g/mol. The molecule has 0 aromatic rings. The molecule has 3 unspecified atom stereocenters. The lowest BCUT2D eigenvalue weighted by molar-refractivity contribution is -0.150. The Morgan fingerprint density at radius 2 is 1.95 bits per heavy atom. The van der Waals surface area contributed by atoms with E-state index in [4.69, 9.17) is 4.74 Å². The summed E-state index contributed by atoms with van der Waals surface area (Å²) in [6.45, 7) is 5.67. The van der Waals surface area contributed by atoms with Crippen LogP contribution in [0.15, 0.2) is 0 Å². The molecule has 21 heavy (non-hydrogen) atoms. The number of rotatable bonds is 7. The van der Waals surface area contributed by atoms with Gasteiger partial charge in [0.05, 0.1) is 11.9 Å². The maximum absolute atomic E-state index is 11.4. The molecule has 0 radical (unpaired) electrons. The molecule has 1 N–H and O–H groups in total. The molecule has 2 saturated carbocycles. The second-order valence-corrected chi connectivity index (χ2v) is 9.32. The van der Waals surface area contributed by atoms with Crippen molar-refractivity contribution in [3.8, 4) is 0 Å². The number of sulfone groups is 1. The van der Waals surface area contributed by atoms with Crippen LogP contribution in [0, 0.1) is 11.3 Å². The molecule has 0 heterocycles. The Kier molecular flexibility index (Phi) is 5.71. The van der Waals surface area contributed by atoms with Crippen molar-refractivity contribution in [2.75, 3.05) is 25.2 Å². The van der Waals surface area contributed by atoms with E-state index in [0.717, 1.165) is 19.6 Å². The summed E-state index contributed by atoms with van der Waals surface area (Å²) >= 11 is 0. The van der Waals surface area contributed by atoms with Gasteiger partial charge in [-0.05, 0) is 38.6 Å². The molecule has 1 spiro atoms. The zero-order valence-electron chi connectivity index (χ0n) is 13.7. The van der Waals surface area contributed by atoms with E-state index in [1.54, 1.807) is 0 Å². The molecule has 2 aliphatic carbocycles. The van der Waals surface area contributed by atoms with Crippen LogP contribution in [-0.4, -0.2) is 45.7 Å². The highest BCUT2D eigenvalue weighted by Crippen LogP contribution is 2.53. The fourth-order valence-electron chi connectivity index (χ4n) is 4.27. The minimum absolute atomic E-state index is 0.173. The smallest absolute Gasteiger partial charge is 0.147 e. The van der Waals surface area contributed by atoms with Crippen molar-refractivity contribution in [1.29, 1.82) is 0 Å². The largest absolute Gasteiger partial charge is 0.378 e. The second-order valence-electron chi connectivity index (χ2n) is 7.13. The first-order chi connectivity index (χ1) is 9.87. The molecule has 124 valence electrons. The van der Waals surface area contributed by atoms with Crippen LogP contribution in [0.1, 0.15) is 52.4 Å². The van der Waals surface area contributed by atoms with Crippen molar-refractivity contribution in [3.05, 3.63) is 0 Å². The van der Waals surface area contributed by atoms with E-state index in [1.807, 2.05) is 6.92 Å². The van der Waals surface area contributed by atoms with Gasteiger partial charge in [0.1, 0.15) is 9.84 Å². The van der Waals surface area contributed by atoms with E-state index in [-0.39, 0.29) is 11.7 Å². The summed E-state index contributed by atoms with van der Waals surface area (Å²) < 4.78 is 28.7. The number of ether oxygens (including phenoxy) is 1. The Bertz CT molecular complexity index is 429. The lowest BCUT2D eigenvalue weighted by atomic mass is 9.55.